The SMILES string of the molecule is Cc1nn(C)cc1NC(=O)NC1C=CC(C(=O)O)C1. The van der Waals surface area contributed by atoms with Crippen LogP contribution in [0.2, 0.25) is 0 Å². The molecule has 1 aromatic heterocycles. The van der Waals surface area contributed by atoms with Gasteiger partial charge in [-0.05, 0) is 13.3 Å². The largest absolute Gasteiger partial charge is 0.481 e. The number of hydrogen-bond acceptors (Lipinski definition) is 3. The van der Waals surface area contributed by atoms with E-state index in [9.17, 15) is 9.59 Å². The average Bonchev–Trinajstić information content (AvgIpc) is 2.87. The second kappa shape index (κ2) is 5.13. The van der Waals surface area contributed by atoms with E-state index in [0.29, 0.717) is 12.1 Å². The van der Waals surface area contributed by atoms with Crippen molar-refractivity contribution in [2.24, 2.45) is 13.0 Å². The zero-order valence-electron chi connectivity index (χ0n) is 10.8. The van der Waals surface area contributed by atoms with E-state index in [1.807, 2.05) is 0 Å². The molecule has 0 spiro atoms. The first-order chi connectivity index (χ1) is 8.95. The number of aryl methyl sites for hydroxylation is 2. The van der Waals surface area contributed by atoms with Gasteiger partial charge in [0.1, 0.15) is 0 Å². The maximum Gasteiger partial charge on any atom is 0.319 e. The van der Waals surface area contributed by atoms with E-state index in [1.165, 1.54) is 0 Å². The monoisotopic (exact) mass is 264 g/mol. The van der Waals surface area contributed by atoms with E-state index in [-0.39, 0.29) is 12.1 Å². The van der Waals surface area contributed by atoms with Gasteiger partial charge in [0.05, 0.1) is 23.3 Å². The first-order valence-electron chi connectivity index (χ1n) is 5.94. The third-order valence-corrected chi connectivity index (χ3v) is 2.98. The maximum absolute atomic E-state index is 11.8. The van der Waals surface area contributed by atoms with Crippen LogP contribution in [0.5, 0.6) is 0 Å². The number of nitrogens with zero attached hydrogens (tertiary/aromatic N) is 2. The predicted octanol–water partition coefficient (Wildman–Crippen LogP) is 0.879. The maximum atomic E-state index is 11.8. The van der Waals surface area contributed by atoms with Gasteiger partial charge in [0.15, 0.2) is 0 Å². The Kier molecular flexibility index (Phi) is 3.55. The minimum Gasteiger partial charge on any atom is -0.481 e. The van der Waals surface area contributed by atoms with Crippen molar-refractivity contribution in [2.45, 2.75) is 19.4 Å². The minimum absolute atomic E-state index is 0.252. The van der Waals surface area contributed by atoms with Gasteiger partial charge in [-0.15, -0.1) is 0 Å². The molecule has 7 nitrogen and oxygen atoms in total. The summed E-state index contributed by atoms with van der Waals surface area (Å²) in [6, 6.07) is -0.616. The summed E-state index contributed by atoms with van der Waals surface area (Å²) in [7, 11) is 1.77. The van der Waals surface area contributed by atoms with Crippen molar-refractivity contribution in [3.8, 4) is 0 Å². The number of urea groups is 1. The van der Waals surface area contributed by atoms with Gasteiger partial charge in [0.2, 0.25) is 0 Å². The van der Waals surface area contributed by atoms with Gasteiger partial charge >= 0.3 is 12.0 Å². The van der Waals surface area contributed by atoms with Gasteiger partial charge in [0.25, 0.3) is 0 Å². The molecule has 0 aliphatic heterocycles. The fraction of sp³-hybridized carbons (Fsp3) is 0.417. The van der Waals surface area contributed by atoms with Gasteiger partial charge in [0, 0.05) is 13.2 Å². The summed E-state index contributed by atoms with van der Waals surface area (Å²) in [5.74, 6) is -1.39. The lowest BCUT2D eigenvalue weighted by atomic mass is 10.1. The molecule has 1 heterocycles. The number of carbonyl (C=O) groups is 2. The zero-order valence-corrected chi connectivity index (χ0v) is 10.8. The van der Waals surface area contributed by atoms with Crippen LogP contribution in [-0.4, -0.2) is 32.9 Å². The summed E-state index contributed by atoms with van der Waals surface area (Å²) in [5.41, 5.74) is 1.36. The van der Waals surface area contributed by atoms with E-state index in [4.69, 9.17) is 5.11 Å². The van der Waals surface area contributed by atoms with Gasteiger partial charge in [-0.2, -0.15) is 5.10 Å². The summed E-state index contributed by atoms with van der Waals surface area (Å²) >= 11 is 0. The average molecular weight is 264 g/mol. The summed E-state index contributed by atoms with van der Waals surface area (Å²) in [6.07, 6.45) is 5.39. The van der Waals surface area contributed by atoms with Crippen molar-refractivity contribution < 1.29 is 14.7 Å². The van der Waals surface area contributed by atoms with E-state index in [1.54, 1.807) is 37.0 Å². The third kappa shape index (κ3) is 3.12. The summed E-state index contributed by atoms with van der Waals surface area (Å²) in [6.45, 7) is 1.80. The molecule has 102 valence electrons. The van der Waals surface area contributed by atoms with Crippen LogP contribution in [0.3, 0.4) is 0 Å². The molecule has 0 bridgehead atoms. The summed E-state index contributed by atoms with van der Waals surface area (Å²) < 4.78 is 1.61. The van der Waals surface area contributed by atoms with Crippen molar-refractivity contribution in [3.05, 3.63) is 24.0 Å². The van der Waals surface area contributed by atoms with E-state index < -0.39 is 11.9 Å². The van der Waals surface area contributed by atoms with Crippen molar-refractivity contribution in [2.75, 3.05) is 5.32 Å². The highest BCUT2D eigenvalue weighted by Crippen LogP contribution is 2.18. The molecule has 2 amide bonds. The minimum atomic E-state index is -0.871. The molecule has 2 rings (SSSR count). The van der Waals surface area contributed by atoms with Crippen LogP contribution in [0.4, 0.5) is 10.5 Å². The molecule has 2 atom stereocenters. The van der Waals surface area contributed by atoms with Crippen LogP contribution < -0.4 is 10.6 Å². The highest BCUT2D eigenvalue weighted by atomic mass is 16.4. The van der Waals surface area contributed by atoms with Crippen LogP contribution in [0.15, 0.2) is 18.3 Å². The fourth-order valence-corrected chi connectivity index (χ4v) is 2.04. The predicted molar refractivity (Wildman–Crippen MR) is 68.8 cm³/mol. The molecule has 0 radical (unpaired) electrons. The Labute approximate surface area is 110 Å². The van der Waals surface area contributed by atoms with Crippen LogP contribution in [0.1, 0.15) is 12.1 Å². The van der Waals surface area contributed by atoms with Crippen LogP contribution >= 0.6 is 0 Å². The number of carbonyl (C=O) groups excluding carboxylic acids is 1. The first kappa shape index (κ1) is 13.1. The number of rotatable bonds is 3. The molecule has 7 heteroatoms. The lowest BCUT2D eigenvalue weighted by molar-refractivity contribution is -0.140. The molecule has 0 saturated carbocycles. The molecule has 3 N–H and O–H groups in total. The lowest BCUT2D eigenvalue weighted by Crippen LogP contribution is -2.36. The Balaban J connectivity index is 1.88. The number of aromatic nitrogens is 2. The van der Waals surface area contributed by atoms with Crippen LogP contribution in [0.25, 0.3) is 0 Å². The Morgan fingerprint density at radius 3 is 2.74 bits per heavy atom. The third-order valence-electron chi connectivity index (χ3n) is 2.98. The molecular weight excluding hydrogens is 248 g/mol. The number of carboxylic acids is 1. The van der Waals surface area contributed by atoms with Crippen molar-refractivity contribution in [3.63, 3.8) is 0 Å². The topological polar surface area (TPSA) is 96.3 Å². The molecule has 1 aromatic rings. The summed E-state index contributed by atoms with van der Waals surface area (Å²) in [5, 5.41) is 18.4. The first-order valence-corrected chi connectivity index (χ1v) is 5.94. The number of hydrogen-bond donors (Lipinski definition) is 3. The smallest absolute Gasteiger partial charge is 0.319 e. The van der Waals surface area contributed by atoms with Gasteiger partial charge in [-0.1, -0.05) is 12.2 Å². The van der Waals surface area contributed by atoms with E-state index in [0.717, 1.165) is 5.69 Å². The molecule has 19 heavy (non-hydrogen) atoms. The second-order valence-electron chi connectivity index (χ2n) is 4.57. The Morgan fingerprint density at radius 1 is 1.47 bits per heavy atom. The quantitative estimate of drug-likeness (QED) is 0.706. The molecule has 1 aliphatic rings. The number of anilines is 1. The highest BCUT2D eigenvalue weighted by molar-refractivity contribution is 5.90. The normalized spacial score (nSPS) is 21.4. The number of aliphatic carboxylic acids is 1. The van der Waals surface area contributed by atoms with E-state index in [2.05, 4.69) is 15.7 Å². The molecule has 1 aliphatic carbocycles. The molecule has 0 fully saturated rings. The molecule has 2 unspecified atom stereocenters. The second-order valence-corrected chi connectivity index (χ2v) is 4.57. The molecule has 0 aromatic carbocycles. The van der Waals surface area contributed by atoms with Crippen molar-refractivity contribution in [1.29, 1.82) is 0 Å². The standard InChI is InChI=1S/C12H16N4O3/c1-7-10(6-16(2)15-7)14-12(19)13-9-4-3-8(5-9)11(17)18/h3-4,6,8-9H,5H2,1-2H3,(H,17,18)(H2,13,14,19). The Morgan fingerprint density at radius 2 is 2.21 bits per heavy atom. The molecule has 0 saturated heterocycles. The zero-order chi connectivity index (χ0) is 14.0. The van der Waals surface area contributed by atoms with Gasteiger partial charge in [-0.25, -0.2) is 4.79 Å². The number of carboxylic acid groups (broad SMARTS) is 1. The van der Waals surface area contributed by atoms with Crippen molar-refractivity contribution in [1.82, 2.24) is 15.1 Å². The van der Waals surface area contributed by atoms with Crippen molar-refractivity contribution >= 4 is 17.7 Å². The highest BCUT2D eigenvalue weighted by Gasteiger charge is 2.25. The number of nitrogens with one attached hydrogen (secondary N) is 2. The number of amides is 2. The lowest BCUT2D eigenvalue weighted by Gasteiger charge is -2.12. The van der Waals surface area contributed by atoms with Gasteiger partial charge < -0.3 is 15.7 Å². The van der Waals surface area contributed by atoms with E-state index >= 15 is 0 Å². The van der Waals surface area contributed by atoms with Gasteiger partial charge in [-0.3, -0.25) is 9.48 Å². The Hall–Kier alpha value is -2.31. The molecular formula is C12H16N4O3. The van der Waals surface area contributed by atoms with Crippen LogP contribution in [-0.2, 0) is 11.8 Å². The fourth-order valence-electron chi connectivity index (χ4n) is 2.04. The summed E-state index contributed by atoms with van der Waals surface area (Å²) in [4.78, 5) is 22.5. The van der Waals surface area contributed by atoms with Crippen LogP contribution in [0, 0.1) is 12.8 Å². The Bertz CT molecular complexity index is 535.